The number of carbonyl (C=O) groups is 1. The molecule has 2 rings (SSSR count). The van der Waals surface area contributed by atoms with Crippen LogP contribution in [0.3, 0.4) is 0 Å². The molecule has 90 valence electrons. The molecule has 0 amide bonds. The molecule has 1 aromatic rings. The molecule has 1 aliphatic carbocycles. The Morgan fingerprint density at radius 3 is 2.53 bits per heavy atom. The third-order valence-electron chi connectivity index (χ3n) is 3.68. The van der Waals surface area contributed by atoms with Gasteiger partial charge >= 0.3 is 0 Å². The molecule has 1 aromatic heterocycles. The van der Waals surface area contributed by atoms with E-state index in [0.29, 0.717) is 17.1 Å². The predicted octanol–water partition coefficient (Wildman–Crippen LogP) is 2.68. The van der Waals surface area contributed by atoms with Crippen LogP contribution in [0.25, 0.3) is 0 Å². The van der Waals surface area contributed by atoms with Crippen molar-refractivity contribution in [3.05, 3.63) is 45.0 Å². The van der Waals surface area contributed by atoms with Crippen molar-refractivity contribution in [3.63, 3.8) is 0 Å². The molecular formula is C14H16O3. The molecule has 3 nitrogen and oxygen atoms in total. The van der Waals surface area contributed by atoms with Crippen molar-refractivity contribution < 1.29 is 9.21 Å². The highest BCUT2D eigenvalue weighted by Gasteiger charge is 2.35. The fourth-order valence-electron chi connectivity index (χ4n) is 2.05. The number of hydrogen-bond donors (Lipinski definition) is 0. The van der Waals surface area contributed by atoms with E-state index in [1.807, 2.05) is 19.9 Å². The molecule has 1 aliphatic rings. The molecule has 1 atom stereocenters. The minimum absolute atomic E-state index is 0.197. The highest BCUT2D eigenvalue weighted by Crippen LogP contribution is 2.35. The second kappa shape index (κ2) is 3.69. The summed E-state index contributed by atoms with van der Waals surface area (Å²) in [5.41, 5.74) is 0.171. The first kappa shape index (κ1) is 11.8. The molecule has 3 heteroatoms. The van der Waals surface area contributed by atoms with Crippen LogP contribution in [-0.4, -0.2) is 5.78 Å². The average Bonchev–Trinajstić information content (AvgIpc) is 2.31. The molecule has 1 heterocycles. The number of allylic oxidation sites excluding steroid dienone is 2. The van der Waals surface area contributed by atoms with E-state index in [2.05, 4.69) is 0 Å². The van der Waals surface area contributed by atoms with Crippen LogP contribution in [0.1, 0.15) is 47.7 Å². The lowest BCUT2D eigenvalue weighted by Gasteiger charge is -2.28. The van der Waals surface area contributed by atoms with Crippen molar-refractivity contribution in [1.82, 2.24) is 0 Å². The Labute approximate surface area is 100 Å². The summed E-state index contributed by atoms with van der Waals surface area (Å²) in [6.07, 6.45) is 4.10. The Balaban J connectivity index is 2.86. The number of aryl methyl sites for hydroxylation is 1. The molecule has 0 aromatic carbocycles. The van der Waals surface area contributed by atoms with Crippen LogP contribution in [-0.2, 0) is 5.41 Å². The van der Waals surface area contributed by atoms with E-state index in [-0.39, 0.29) is 22.2 Å². The normalized spacial score (nSPS) is 22.7. The van der Waals surface area contributed by atoms with E-state index >= 15 is 0 Å². The minimum Gasteiger partial charge on any atom is -0.464 e. The van der Waals surface area contributed by atoms with E-state index in [1.54, 1.807) is 13.8 Å². The Bertz CT molecular complexity index is 578. The zero-order valence-corrected chi connectivity index (χ0v) is 10.6. The summed E-state index contributed by atoms with van der Waals surface area (Å²) in [6.45, 7) is 7.44. The molecule has 0 saturated carbocycles. The SMILES string of the molecule is CC[C@@]1(C)C=CC(=O)c2c1oc(C)c(C)c2=O. The standard InChI is InChI=1S/C14H16O3/c1-5-14(4)7-6-10(15)11-12(16)8(2)9(3)17-13(11)14/h6-7H,5H2,1-4H3/t14-/m0/s1. The van der Waals surface area contributed by atoms with Crippen molar-refractivity contribution in [2.24, 2.45) is 0 Å². The van der Waals surface area contributed by atoms with Crippen LogP contribution in [0.2, 0.25) is 0 Å². The molecule has 0 spiro atoms. The van der Waals surface area contributed by atoms with E-state index in [1.165, 1.54) is 6.08 Å². The summed E-state index contributed by atoms with van der Waals surface area (Å²) in [5, 5.41) is 0. The van der Waals surface area contributed by atoms with Gasteiger partial charge in [-0.15, -0.1) is 0 Å². The van der Waals surface area contributed by atoms with Gasteiger partial charge in [0.05, 0.1) is 0 Å². The van der Waals surface area contributed by atoms with Gasteiger partial charge in [0.2, 0.25) is 0 Å². The monoisotopic (exact) mass is 232 g/mol. The van der Waals surface area contributed by atoms with Gasteiger partial charge < -0.3 is 4.42 Å². The maximum atomic E-state index is 12.1. The largest absolute Gasteiger partial charge is 0.464 e. The number of fused-ring (bicyclic) bond motifs is 1. The highest BCUT2D eigenvalue weighted by molar-refractivity contribution is 6.06. The number of ketones is 1. The smallest absolute Gasteiger partial charge is 0.199 e. The fraction of sp³-hybridized carbons (Fsp3) is 0.429. The number of rotatable bonds is 1. The van der Waals surface area contributed by atoms with Crippen LogP contribution in [0.15, 0.2) is 21.4 Å². The first-order valence-electron chi connectivity index (χ1n) is 5.79. The topological polar surface area (TPSA) is 47.3 Å². The van der Waals surface area contributed by atoms with Gasteiger partial charge in [-0.25, -0.2) is 0 Å². The Morgan fingerprint density at radius 2 is 1.94 bits per heavy atom. The molecule has 0 unspecified atom stereocenters. The minimum atomic E-state index is -0.360. The lowest BCUT2D eigenvalue weighted by Crippen LogP contribution is -2.31. The second-order valence-electron chi connectivity index (χ2n) is 4.79. The van der Waals surface area contributed by atoms with Crippen LogP contribution >= 0.6 is 0 Å². The van der Waals surface area contributed by atoms with E-state index in [0.717, 1.165) is 6.42 Å². The molecule has 0 saturated heterocycles. The molecule has 0 aliphatic heterocycles. The van der Waals surface area contributed by atoms with Crippen LogP contribution < -0.4 is 5.43 Å². The molecular weight excluding hydrogens is 216 g/mol. The molecule has 0 radical (unpaired) electrons. The molecule has 0 N–H and O–H groups in total. The van der Waals surface area contributed by atoms with Crippen LogP contribution in [0.4, 0.5) is 0 Å². The van der Waals surface area contributed by atoms with Crippen molar-refractivity contribution in [2.75, 3.05) is 0 Å². The van der Waals surface area contributed by atoms with Gasteiger partial charge in [0.25, 0.3) is 0 Å². The van der Waals surface area contributed by atoms with Crippen LogP contribution in [0.5, 0.6) is 0 Å². The van der Waals surface area contributed by atoms with E-state index in [4.69, 9.17) is 4.42 Å². The number of carbonyl (C=O) groups excluding carboxylic acids is 1. The third kappa shape index (κ3) is 1.57. The first-order chi connectivity index (χ1) is 7.90. The maximum absolute atomic E-state index is 12.1. The summed E-state index contributed by atoms with van der Waals surface area (Å²) < 4.78 is 5.72. The highest BCUT2D eigenvalue weighted by atomic mass is 16.3. The average molecular weight is 232 g/mol. The van der Waals surface area contributed by atoms with E-state index in [9.17, 15) is 9.59 Å². The van der Waals surface area contributed by atoms with Crippen molar-refractivity contribution in [2.45, 2.75) is 39.5 Å². The lowest BCUT2D eigenvalue weighted by atomic mass is 9.77. The van der Waals surface area contributed by atoms with Crippen molar-refractivity contribution in [1.29, 1.82) is 0 Å². The Morgan fingerprint density at radius 1 is 1.29 bits per heavy atom. The first-order valence-corrected chi connectivity index (χ1v) is 5.79. The predicted molar refractivity (Wildman–Crippen MR) is 65.6 cm³/mol. The third-order valence-corrected chi connectivity index (χ3v) is 3.68. The Hall–Kier alpha value is -1.64. The zero-order valence-electron chi connectivity index (χ0n) is 10.6. The van der Waals surface area contributed by atoms with Gasteiger partial charge in [-0.2, -0.15) is 0 Å². The lowest BCUT2D eigenvalue weighted by molar-refractivity contribution is 0.103. The molecule has 0 fully saturated rings. The zero-order chi connectivity index (χ0) is 12.8. The van der Waals surface area contributed by atoms with Crippen molar-refractivity contribution in [3.8, 4) is 0 Å². The van der Waals surface area contributed by atoms with E-state index < -0.39 is 0 Å². The summed E-state index contributed by atoms with van der Waals surface area (Å²) in [6, 6.07) is 0. The van der Waals surface area contributed by atoms with Crippen molar-refractivity contribution >= 4 is 5.78 Å². The van der Waals surface area contributed by atoms with Gasteiger partial charge in [-0.3, -0.25) is 9.59 Å². The molecule has 0 bridgehead atoms. The van der Waals surface area contributed by atoms with Gasteiger partial charge in [-0.1, -0.05) is 13.0 Å². The summed E-state index contributed by atoms with van der Waals surface area (Å²) in [4.78, 5) is 24.0. The van der Waals surface area contributed by atoms with Gasteiger partial charge in [-0.05, 0) is 33.3 Å². The summed E-state index contributed by atoms with van der Waals surface area (Å²) >= 11 is 0. The molecule has 17 heavy (non-hydrogen) atoms. The quantitative estimate of drug-likeness (QED) is 0.747. The maximum Gasteiger partial charge on any atom is 0.199 e. The number of hydrogen-bond acceptors (Lipinski definition) is 3. The van der Waals surface area contributed by atoms with Gasteiger partial charge in [0.15, 0.2) is 11.2 Å². The fourth-order valence-corrected chi connectivity index (χ4v) is 2.05. The van der Waals surface area contributed by atoms with Gasteiger partial charge in [0.1, 0.15) is 17.1 Å². The summed E-state index contributed by atoms with van der Waals surface area (Å²) in [7, 11) is 0. The Kier molecular flexibility index (Phi) is 2.57. The summed E-state index contributed by atoms with van der Waals surface area (Å²) in [5.74, 6) is 0.861. The second-order valence-corrected chi connectivity index (χ2v) is 4.79. The van der Waals surface area contributed by atoms with Crippen LogP contribution in [0, 0.1) is 13.8 Å². The van der Waals surface area contributed by atoms with Gasteiger partial charge in [0, 0.05) is 11.0 Å².